The number of hydrogen-bond donors (Lipinski definition) is 0. The Labute approximate surface area is 177 Å². The predicted octanol–water partition coefficient (Wildman–Crippen LogP) is 5.32. The smallest absolute Gasteiger partial charge is 0.405 e. The lowest BCUT2D eigenvalue weighted by Crippen LogP contribution is -2.30. The zero-order valence-electron chi connectivity index (χ0n) is 16.7. The summed E-state index contributed by atoms with van der Waals surface area (Å²) in [6.07, 6.45) is 3.64. The van der Waals surface area contributed by atoms with E-state index in [1.807, 2.05) is 13.8 Å². The van der Waals surface area contributed by atoms with Crippen LogP contribution in [0.4, 0.5) is 13.2 Å². The van der Waals surface area contributed by atoms with Crippen molar-refractivity contribution in [2.45, 2.75) is 26.6 Å². The van der Waals surface area contributed by atoms with E-state index in [1.54, 1.807) is 24.3 Å². The molecule has 0 aliphatic heterocycles. The quantitative estimate of drug-likeness (QED) is 0.411. The summed E-state index contributed by atoms with van der Waals surface area (Å²) < 4.78 is 44.7. The van der Waals surface area contributed by atoms with E-state index in [1.165, 1.54) is 25.6 Å². The minimum atomic E-state index is -4.38. The SMILES string of the molecule is CC(C)=C/C=C(/c1ncccc1COc1cncc(Cl)c1C=O)N(C)CC(F)(F)F. The van der Waals surface area contributed by atoms with Gasteiger partial charge in [-0.15, -0.1) is 0 Å². The van der Waals surface area contributed by atoms with Gasteiger partial charge >= 0.3 is 6.18 Å². The molecule has 9 heteroatoms. The fraction of sp³-hybridized carbons (Fsp3) is 0.286. The third kappa shape index (κ3) is 6.59. The molecule has 0 aliphatic carbocycles. The summed E-state index contributed by atoms with van der Waals surface area (Å²) in [6.45, 7) is 2.50. The molecular weight excluding hydrogens is 419 g/mol. The van der Waals surface area contributed by atoms with E-state index < -0.39 is 12.7 Å². The van der Waals surface area contributed by atoms with E-state index in [0.717, 1.165) is 10.5 Å². The van der Waals surface area contributed by atoms with Crippen molar-refractivity contribution in [3.05, 3.63) is 70.3 Å². The number of allylic oxidation sites excluding steroid dienone is 3. The van der Waals surface area contributed by atoms with Crippen LogP contribution in [0.1, 0.15) is 35.5 Å². The van der Waals surface area contributed by atoms with Gasteiger partial charge in [-0.3, -0.25) is 14.8 Å². The van der Waals surface area contributed by atoms with Gasteiger partial charge in [0.25, 0.3) is 0 Å². The van der Waals surface area contributed by atoms with Crippen molar-refractivity contribution >= 4 is 23.6 Å². The molecule has 0 amide bonds. The second-order valence-electron chi connectivity index (χ2n) is 6.72. The lowest BCUT2D eigenvalue weighted by atomic mass is 10.1. The molecule has 0 bridgehead atoms. The van der Waals surface area contributed by atoms with Crippen LogP contribution in [-0.2, 0) is 6.61 Å². The maximum absolute atomic E-state index is 13.0. The standard InChI is InChI=1S/C21H21ClF3N3O2/c1-14(2)6-7-18(28(3)13-21(23,24)25)20-15(5-4-8-27-20)12-30-19-10-26-9-17(22)16(19)11-29/h4-11H,12-13H2,1-3H3/b18-7-. The van der Waals surface area contributed by atoms with Crippen LogP contribution in [0, 0.1) is 0 Å². The number of nitrogens with zero attached hydrogens (tertiary/aromatic N) is 3. The Hall–Kier alpha value is -2.87. The number of carbonyl (C=O) groups is 1. The molecule has 2 aromatic rings. The number of hydrogen-bond acceptors (Lipinski definition) is 5. The van der Waals surface area contributed by atoms with Gasteiger partial charge in [-0.25, -0.2) is 0 Å². The van der Waals surface area contributed by atoms with Crippen molar-refractivity contribution in [3.63, 3.8) is 0 Å². The van der Waals surface area contributed by atoms with Crippen LogP contribution in [0.25, 0.3) is 5.70 Å². The van der Waals surface area contributed by atoms with Crippen molar-refractivity contribution in [3.8, 4) is 5.75 Å². The molecule has 0 N–H and O–H groups in total. The predicted molar refractivity (Wildman–Crippen MR) is 109 cm³/mol. The zero-order valence-corrected chi connectivity index (χ0v) is 17.5. The van der Waals surface area contributed by atoms with E-state index in [9.17, 15) is 18.0 Å². The molecule has 5 nitrogen and oxygen atoms in total. The van der Waals surface area contributed by atoms with Crippen molar-refractivity contribution in [2.75, 3.05) is 13.6 Å². The molecule has 0 radical (unpaired) electrons. The van der Waals surface area contributed by atoms with Crippen LogP contribution < -0.4 is 4.74 Å². The summed E-state index contributed by atoms with van der Waals surface area (Å²) >= 11 is 5.95. The molecule has 0 fully saturated rings. The maximum Gasteiger partial charge on any atom is 0.405 e. The van der Waals surface area contributed by atoms with Crippen LogP contribution in [0.5, 0.6) is 5.75 Å². The van der Waals surface area contributed by atoms with Gasteiger partial charge in [-0.2, -0.15) is 13.2 Å². The van der Waals surface area contributed by atoms with E-state index in [-0.39, 0.29) is 28.6 Å². The summed E-state index contributed by atoms with van der Waals surface area (Å²) in [5.41, 5.74) is 2.22. The third-order valence-corrected chi connectivity index (χ3v) is 4.24. The van der Waals surface area contributed by atoms with Crippen molar-refractivity contribution in [1.29, 1.82) is 0 Å². The number of alkyl halides is 3. The summed E-state index contributed by atoms with van der Waals surface area (Å²) in [4.78, 5) is 20.5. The Morgan fingerprint density at radius 1 is 1.27 bits per heavy atom. The van der Waals surface area contributed by atoms with Gasteiger partial charge in [0.1, 0.15) is 18.9 Å². The van der Waals surface area contributed by atoms with Crippen molar-refractivity contribution < 1.29 is 22.7 Å². The van der Waals surface area contributed by atoms with Crippen LogP contribution in [0.15, 0.2) is 48.4 Å². The Morgan fingerprint density at radius 2 is 2.00 bits per heavy atom. The first-order chi connectivity index (χ1) is 14.1. The van der Waals surface area contributed by atoms with Crippen LogP contribution in [0.2, 0.25) is 5.02 Å². The number of pyridine rings is 2. The molecule has 0 aliphatic rings. The van der Waals surface area contributed by atoms with E-state index in [2.05, 4.69) is 9.97 Å². The van der Waals surface area contributed by atoms with Gasteiger partial charge in [-0.1, -0.05) is 29.3 Å². The van der Waals surface area contributed by atoms with Gasteiger partial charge in [0, 0.05) is 25.0 Å². The molecule has 0 saturated heterocycles. The Balaban J connectivity index is 2.41. The highest BCUT2D eigenvalue weighted by molar-refractivity contribution is 6.33. The molecule has 30 heavy (non-hydrogen) atoms. The molecule has 0 unspecified atom stereocenters. The molecule has 160 valence electrons. The summed E-state index contributed by atoms with van der Waals surface area (Å²) in [7, 11) is 1.35. The number of carbonyl (C=O) groups excluding carboxylic acids is 1. The average Bonchev–Trinajstić information content (AvgIpc) is 2.65. The topological polar surface area (TPSA) is 55.3 Å². The molecular formula is C21H21ClF3N3O2. The maximum atomic E-state index is 13.0. The summed E-state index contributed by atoms with van der Waals surface area (Å²) in [5, 5.41) is 0.142. The zero-order chi connectivity index (χ0) is 22.3. The molecule has 0 spiro atoms. The number of halogens is 4. The highest BCUT2D eigenvalue weighted by atomic mass is 35.5. The first-order valence-electron chi connectivity index (χ1n) is 8.91. The van der Waals surface area contributed by atoms with E-state index >= 15 is 0 Å². The van der Waals surface area contributed by atoms with Gasteiger partial charge < -0.3 is 9.64 Å². The largest absolute Gasteiger partial charge is 0.486 e. The molecule has 0 saturated carbocycles. The fourth-order valence-electron chi connectivity index (χ4n) is 2.58. The van der Waals surface area contributed by atoms with E-state index in [0.29, 0.717) is 17.5 Å². The lowest BCUT2D eigenvalue weighted by molar-refractivity contribution is -0.136. The van der Waals surface area contributed by atoms with Crippen molar-refractivity contribution in [2.24, 2.45) is 0 Å². The van der Waals surface area contributed by atoms with Crippen molar-refractivity contribution in [1.82, 2.24) is 14.9 Å². The Morgan fingerprint density at radius 3 is 2.63 bits per heavy atom. The molecule has 0 aromatic carbocycles. The second kappa shape index (κ2) is 10.2. The van der Waals surface area contributed by atoms with Gasteiger partial charge in [0.05, 0.1) is 28.2 Å². The first kappa shape index (κ1) is 23.4. The normalized spacial score (nSPS) is 11.8. The molecule has 2 aromatic heterocycles. The number of aromatic nitrogens is 2. The Kier molecular flexibility index (Phi) is 8.00. The monoisotopic (exact) mass is 439 g/mol. The first-order valence-corrected chi connectivity index (χ1v) is 9.29. The molecule has 2 heterocycles. The van der Waals surface area contributed by atoms with Crippen LogP contribution in [0.3, 0.4) is 0 Å². The second-order valence-corrected chi connectivity index (χ2v) is 7.13. The Bertz CT molecular complexity index is 955. The number of aldehydes is 1. The van der Waals surface area contributed by atoms with Crippen LogP contribution in [-0.4, -0.2) is 40.9 Å². The van der Waals surface area contributed by atoms with E-state index in [4.69, 9.17) is 16.3 Å². The average molecular weight is 440 g/mol. The fourth-order valence-corrected chi connectivity index (χ4v) is 2.78. The minimum Gasteiger partial charge on any atom is -0.486 e. The summed E-state index contributed by atoms with van der Waals surface area (Å²) in [6, 6.07) is 3.35. The highest BCUT2D eigenvalue weighted by Crippen LogP contribution is 2.27. The van der Waals surface area contributed by atoms with Gasteiger partial charge in [0.2, 0.25) is 0 Å². The molecule has 0 atom stereocenters. The van der Waals surface area contributed by atoms with Gasteiger partial charge in [-0.05, 0) is 26.0 Å². The van der Waals surface area contributed by atoms with Crippen LogP contribution >= 0.6 is 11.6 Å². The lowest BCUT2D eigenvalue weighted by Gasteiger charge is -2.25. The van der Waals surface area contributed by atoms with Gasteiger partial charge in [0.15, 0.2) is 6.29 Å². The minimum absolute atomic E-state index is 0.0436. The molecule has 2 rings (SSSR count). The number of ether oxygens (including phenoxy) is 1. The highest BCUT2D eigenvalue weighted by Gasteiger charge is 2.31. The number of rotatable bonds is 8. The summed E-state index contributed by atoms with van der Waals surface area (Å²) in [5.74, 6) is 0.172. The third-order valence-electron chi connectivity index (χ3n) is 3.94.